The molecule has 0 heterocycles. The Hall–Kier alpha value is -1.22. The number of methoxy groups -OCH3 is 1. The summed E-state index contributed by atoms with van der Waals surface area (Å²) in [6.45, 7) is 9.86. The maximum atomic E-state index is 5.78. The lowest BCUT2D eigenvalue weighted by Crippen LogP contribution is -2.14. The van der Waals surface area contributed by atoms with Crippen LogP contribution in [0, 0.1) is 6.92 Å². The van der Waals surface area contributed by atoms with Crippen molar-refractivity contribution in [1.82, 2.24) is 0 Å². The standard InChI is InChI=1S/C15H25NO2/c1-11-9-14(17-5)12(15(2,3)4)10-13(11)18-8-6-7-16/h9-10H,6-8,16H2,1-5H3. The highest BCUT2D eigenvalue weighted by atomic mass is 16.5. The van der Waals surface area contributed by atoms with Gasteiger partial charge in [0.2, 0.25) is 0 Å². The highest BCUT2D eigenvalue weighted by molar-refractivity contribution is 5.48. The molecule has 0 amide bonds. The molecule has 0 aliphatic carbocycles. The molecule has 0 saturated carbocycles. The number of ether oxygens (including phenoxy) is 2. The average Bonchev–Trinajstić information content (AvgIpc) is 2.29. The predicted octanol–water partition coefficient (Wildman–Crippen LogP) is 3.03. The van der Waals surface area contributed by atoms with Crippen molar-refractivity contribution < 1.29 is 9.47 Å². The lowest BCUT2D eigenvalue weighted by molar-refractivity contribution is 0.309. The quantitative estimate of drug-likeness (QED) is 0.818. The second kappa shape index (κ2) is 6.10. The molecule has 0 fully saturated rings. The van der Waals surface area contributed by atoms with E-state index in [1.165, 1.54) is 5.56 Å². The summed E-state index contributed by atoms with van der Waals surface area (Å²) < 4.78 is 11.2. The molecule has 2 N–H and O–H groups in total. The SMILES string of the molecule is COc1cc(C)c(OCCCN)cc1C(C)(C)C. The van der Waals surface area contributed by atoms with Crippen molar-refractivity contribution in [3.8, 4) is 11.5 Å². The normalized spacial score (nSPS) is 11.4. The molecule has 0 aliphatic rings. The van der Waals surface area contributed by atoms with Gasteiger partial charge in [-0.1, -0.05) is 20.8 Å². The Morgan fingerprint density at radius 3 is 2.33 bits per heavy atom. The molecule has 3 heteroatoms. The Balaban J connectivity index is 3.06. The molecular formula is C15H25NO2. The van der Waals surface area contributed by atoms with Crippen LogP contribution in [0.2, 0.25) is 0 Å². The number of rotatable bonds is 5. The number of nitrogens with two attached hydrogens (primary N) is 1. The van der Waals surface area contributed by atoms with E-state index >= 15 is 0 Å². The minimum atomic E-state index is 0.0328. The molecule has 0 aliphatic heterocycles. The third-order valence-corrected chi connectivity index (χ3v) is 2.91. The fourth-order valence-corrected chi connectivity index (χ4v) is 1.84. The van der Waals surface area contributed by atoms with Gasteiger partial charge in [0.25, 0.3) is 0 Å². The van der Waals surface area contributed by atoms with E-state index in [0.717, 1.165) is 23.5 Å². The van der Waals surface area contributed by atoms with Crippen molar-refractivity contribution in [3.63, 3.8) is 0 Å². The van der Waals surface area contributed by atoms with Gasteiger partial charge in [0.1, 0.15) is 11.5 Å². The van der Waals surface area contributed by atoms with E-state index in [4.69, 9.17) is 15.2 Å². The number of benzene rings is 1. The van der Waals surface area contributed by atoms with Gasteiger partial charge in [-0.15, -0.1) is 0 Å². The summed E-state index contributed by atoms with van der Waals surface area (Å²) >= 11 is 0. The molecule has 102 valence electrons. The largest absolute Gasteiger partial charge is 0.496 e. The molecule has 0 atom stereocenters. The predicted molar refractivity (Wildman–Crippen MR) is 75.6 cm³/mol. The van der Waals surface area contributed by atoms with Crippen LogP contribution in [-0.2, 0) is 5.41 Å². The van der Waals surface area contributed by atoms with E-state index in [-0.39, 0.29) is 5.41 Å². The summed E-state index contributed by atoms with van der Waals surface area (Å²) in [5, 5.41) is 0. The topological polar surface area (TPSA) is 44.5 Å². The molecule has 0 aromatic heterocycles. The lowest BCUT2D eigenvalue weighted by atomic mass is 9.85. The van der Waals surface area contributed by atoms with Gasteiger partial charge in [-0.25, -0.2) is 0 Å². The molecule has 0 spiro atoms. The summed E-state index contributed by atoms with van der Waals surface area (Å²) in [6.07, 6.45) is 0.871. The van der Waals surface area contributed by atoms with Crippen molar-refractivity contribution in [1.29, 1.82) is 0 Å². The first-order chi connectivity index (χ1) is 8.40. The Bertz CT molecular complexity index is 394. The van der Waals surface area contributed by atoms with Crippen LogP contribution in [-0.4, -0.2) is 20.3 Å². The second-order valence-corrected chi connectivity index (χ2v) is 5.56. The zero-order chi connectivity index (χ0) is 13.8. The van der Waals surface area contributed by atoms with Gasteiger partial charge in [-0.2, -0.15) is 0 Å². The van der Waals surface area contributed by atoms with Gasteiger partial charge in [-0.3, -0.25) is 0 Å². The fourth-order valence-electron chi connectivity index (χ4n) is 1.84. The first kappa shape index (κ1) is 14.8. The Morgan fingerprint density at radius 1 is 1.17 bits per heavy atom. The minimum absolute atomic E-state index is 0.0328. The van der Waals surface area contributed by atoms with E-state index in [9.17, 15) is 0 Å². The van der Waals surface area contributed by atoms with Crippen LogP contribution in [0.1, 0.15) is 38.3 Å². The van der Waals surface area contributed by atoms with Gasteiger partial charge < -0.3 is 15.2 Å². The van der Waals surface area contributed by atoms with Crippen molar-refractivity contribution in [2.75, 3.05) is 20.3 Å². The van der Waals surface area contributed by atoms with Crippen LogP contribution in [0.3, 0.4) is 0 Å². The highest BCUT2D eigenvalue weighted by Crippen LogP contribution is 2.36. The summed E-state index contributed by atoms with van der Waals surface area (Å²) in [5.74, 6) is 1.85. The summed E-state index contributed by atoms with van der Waals surface area (Å²) in [5.41, 5.74) is 7.77. The summed E-state index contributed by atoms with van der Waals surface area (Å²) in [6, 6.07) is 4.13. The lowest BCUT2D eigenvalue weighted by Gasteiger charge is -2.24. The molecule has 0 radical (unpaired) electrons. The van der Waals surface area contributed by atoms with Crippen LogP contribution < -0.4 is 15.2 Å². The van der Waals surface area contributed by atoms with Crippen LogP contribution >= 0.6 is 0 Å². The molecule has 0 bridgehead atoms. The molecule has 1 aromatic rings. The van der Waals surface area contributed by atoms with Gasteiger partial charge >= 0.3 is 0 Å². The van der Waals surface area contributed by atoms with Crippen molar-refractivity contribution in [2.24, 2.45) is 5.73 Å². The number of hydrogen-bond acceptors (Lipinski definition) is 3. The van der Waals surface area contributed by atoms with Gasteiger partial charge in [0.15, 0.2) is 0 Å². The molecule has 3 nitrogen and oxygen atoms in total. The number of aryl methyl sites for hydroxylation is 1. The first-order valence-corrected chi connectivity index (χ1v) is 6.42. The van der Waals surface area contributed by atoms with Crippen molar-refractivity contribution in [3.05, 3.63) is 23.3 Å². The average molecular weight is 251 g/mol. The smallest absolute Gasteiger partial charge is 0.123 e. The van der Waals surface area contributed by atoms with E-state index in [1.54, 1.807) is 7.11 Å². The maximum Gasteiger partial charge on any atom is 0.123 e. The Morgan fingerprint density at radius 2 is 1.83 bits per heavy atom. The molecule has 1 aromatic carbocycles. The third-order valence-electron chi connectivity index (χ3n) is 2.91. The van der Waals surface area contributed by atoms with Crippen molar-refractivity contribution >= 4 is 0 Å². The molecule has 0 saturated heterocycles. The number of hydrogen-bond donors (Lipinski definition) is 1. The van der Waals surface area contributed by atoms with Crippen LogP contribution in [0.4, 0.5) is 0 Å². The molecular weight excluding hydrogens is 226 g/mol. The second-order valence-electron chi connectivity index (χ2n) is 5.56. The highest BCUT2D eigenvalue weighted by Gasteiger charge is 2.20. The third kappa shape index (κ3) is 3.64. The fraction of sp³-hybridized carbons (Fsp3) is 0.600. The van der Waals surface area contributed by atoms with Crippen molar-refractivity contribution in [2.45, 2.75) is 39.5 Å². The monoisotopic (exact) mass is 251 g/mol. The van der Waals surface area contributed by atoms with Gasteiger partial charge in [0, 0.05) is 5.56 Å². The summed E-state index contributed by atoms with van der Waals surface area (Å²) in [4.78, 5) is 0. The zero-order valence-electron chi connectivity index (χ0n) is 12.2. The van der Waals surface area contributed by atoms with E-state index in [0.29, 0.717) is 13.2 Å². The first-order valence-electron chi connectivity index (χ1n) is 6.42. The summed E-state index contributed by atoms with van der Waals surface area (Å²) in [7, 11) is 1.71. The van der Waals surface area contributed by atoms with E-state index < -0.39 is 0 Å². The maximum absolute atomic E-state index is 5.78. The molecule has 1 rings (SSSR count). The molecule has 0 unspecified atom stereocenters. The Labute approximate surface area is 110 Å². The zero-order valence-corrected chi connectivity index (χ0v) is 12.2. The van der Waals surface area contributed by atoms with Crippen LogP contribution in [0.15, 0.2) is 12.1 Å². The van der Waals surface area contributed by atoms with Crippen LogP contribution in [0.25, 0.3) is 0 Å². The van der Waals surface area contributed by atoms with Gasteiger partial charge in [0.05, 0.1) is 13.7 Å². The van der Waals surface area contributed by atoms with Gasteiger partial charge in [-0.05, 0) is 43.0 Å². The Kier molecular flexibility index (Phi) is 5.03. The van der Waals surface area contributed by atoms with E-state index in [1.807, 2.05) is 13.0 Å². The minimum Gasteiger partial charge on any atom is -0.496 e. The molecule has 18 heavy (non-hydrogen) atoms. The van der Waals surface area contributed by atoms with E-state index in [2.05, 4.69) is 26.8 Å². The van der Waals surface area contributed by atoms with Crippen LogP contribution in [0.5, 0.6) is 11.5 Å².